The molecule has 0 unspecified atom stereocenters. The van der Waals surface area contributed by atoms with Crippen LogP contribution < -0.4 is 4.74 Å². The largest absolute Gasteiger partial charge is 0.497 e. The average molecular weight is 400 g/mol. The Hall–Kier alpha value is -1.59. The van der Waals surface area contributed by atoms with E-state index in [-0.39, 0.29) is 17.5 Å². The van der Waals surface area contributed by atoms with E-state index in [4.69, 9.17) is 4.74 Å². The number of fused-ring (bicyclic) bond motifs is 1. The van der Waals surface area contributed by atoms with Crippen LogP contribution in [0, 0.1) is 11.8 Å². The fourth-order valence-corrected chi connectivity index (χ4v) is 5.97. The van der Waals surface area contributed by atoms with Crippen LogP contribution in [0.25, 0.3) is 0 Å². The van der Waals surface area contributed by atoms with Crippen molar-refractivity contribution in [2.45, 2.75) is 51.6 Å². The summed E-state index contributed by atoms with van der Waals surface area (Å²) in [6.07, 6.45) is 4.05. The number of piperidine rings is 1. The molecule has 3 atom stereocenters. The molecule has 3 fully saturated rings. The van der Waals surface area contributed by atoms with Gasteiger partial charge in [0, 0.05) is 44.6 Å². The summed E-state index contributed by atoms with van der Waals surface area (Å²) in [5.74, 6) is 2.15. The van der Waals surface area contributed by atoms with E-state index in [1.165, 1.54) is 37.9 Å². The topological polar surface area (TPSA) is 36.0 Å². The van der Waals surface area contributed by atoms with Crippen LogP contribution in [0.4, 0.5) is 0 Å². The third kappa shape index (κ3) is 4.17. The number of hydrogen-bond acceptors (Lipinski definition) is 4. The summed E-state index contributed by atoms with van der Waals surface area (Å²) in [5.41, 5.74) is 1.46. The van der Waals surface area contributed by atoms with Crippen molar-refractivity contribution >= 4 is 5.91 Å². The third-order valence-corrected chi connectivity index (χ3v) is 7.42. The van der Waals surface area contributed by atoms with Crippen molar-refractivity contribution < 1.29 is 9.53 Å². The van der Waals surface area contributed by atoms with Gasteiger partial charge in [-0.05, 0) is 63.4 Å². The van der Waals surface area contributed by atoms with E-state index in [0.717, 1.165) is 31.9 Å². The molecule has 29 heavy (non-hydrogen) atoms. The Bertz CT molecular complexity index is 711. The van der Waals surface area contributed by atoms with Gasteiger partial charge in [-0.2, -0.15) is 0 Å². The maximum Gasteiger partial charge on any atom is 0.219 e. The van der Waals surface area contributed by atoms with Gasteiger partial charge in [0.1, 0.15) is 5.75 Å². The van der Waals surface area contributed by atoms with Gasteiger partial charge in [-0.1, -0.05) is 18.6 Å². The summed E-state index contributed by atoms with van der Waals surface area (Å²) in [7, 11) is 1.70. The van der Waals surface area contributed by atoms with E-state index in [9.17, 15) is 4.79 Å². The molecule has 0 saturated carbocycles. The Morgan fingerprint density at radius 2 is 1.76 bits per heavy atom. The van der Waals surface area contributed by atoms with E-state index in [0.29, 0.717) is 11.8 Å². The number of hydrogen-bond donors (Lipinski definition) is 0. The fourth-order valence-electron chi connectivity index (χ4n) is 5.97. The Labute approximate surface area is 176 Å². The highest BCUT2D eigenvalue weighted by molar-refractivity contribution is 5.74. The van der Waals surface area contributed by atoms with E-state index >= 15 is 0 Å². The van der Waals surface area contributed by atoms with Gasteiger partial charge < -0.3 is 14.5 Å². The normalized spacial score (nSPS) is 28.6. The molecule has 0 radical (unpaired) electrons. The number of amides is 1. The van der Waals surface area contributed by atoms with Gasteiger partial charge in [0.2, 0.25) is 5.91 Å². The third-order valence-electron chi connectivity index (χ3n) is 7.42. The molecule has 3 aliphatic rings. The Kier molecular flexibility index (Phi) is 5.90. The maximum atomic E-state index is 12.4. The van der Waals surface area contributed by atoms with E-state index < -0.39 is 0 Å². The SMILES string of the molecule is COc1ccc([C@H]2[C@@H]3CN(CC(C)(C)N4CCCCC4)C[C@@H]3CN2C(C)=O)cc1. The number of rotatable bonds is 5. The molecule has 0 bridgehead atoms. The molecule has 160 valence electrons. The van der Waals surface area contributed by atoms with Crippen molar-refractivity contribution in [3.8, 4) is 5.75 Å². The molecule has 0 spiro atoms. The second kappa shape index (κ2) is 8.27. The van der Waals surface area contributed by atoms with Crippen molar-refractivity contribution in [3.05, 3.63) is 29.8 Å². The first-order chi connectivity index (χ1) is 13.9. The van der Waals surface area contributed by atoms with Gasteiger partial charge in [0.15, 0.2) is 0 Å². The summed E-state index contributed by atoms with van der Waals surface area (Å²) in [6, 6.07) is 8.51. The zero-order valence-electron chi connectivity index (χ0n) is 18.6. The molecule has 1 amide bonds. The van der Waals surface area contributed by atoms with Crippen molar-refractivity contribution in [2.24, 2.45) is 11.8 Å². The highest BCUT2D eigenvalue weighted by Gasteiger charge is 2.49. The van der Waals surface area contributed by atoms with E-state index in [1.807, 2.05) is 12.1 Å². The van der Waals surface area contributed by atoms with Crippen LogP contribution >= 0.6 is 0 Å². The molecular formula is C24H37N3O2. The molecule has 4 rings (SSSR count). The Morgan fingerprint density at radius 1 is 1.07 bits per heavy atom. The summed E-state index contributed by atoms with van der Waals surface area (Å²) in [6.45, 7) is 13.2. The van der Waals surface area contributed by atoms with Gasteiger partial charge in [-0.3, -0.25) is 9.69 Å². The molecule has 0 N–H and O–H groups in total. The predicted molar refractivity (Wildman–Crippen MR) is 116 cm³/mol. The molecule has 3 saturated heterocycles. The van der Waals surface area contributed by atoms with Crippen LogP contribution in [0.5, 0.6) is 5.75 Å². The molecular weight excluding hydrogens is 362 g/mol. The van der Waals surface area contributed by atoms with Crippen molar-refractivity contribution in [2.75, 3.05) is 46.4 Å². The lowest BCUT2D eigenvalue weighted by Gasteiger charge is -2.43. The smallest absolute Gasteiger partial charge is 0.219 e. The standard InChI is InChI=1S/C24H37N3O2/c1-18(28)27-15-20-14-25(17-24(2,3)26-12-6-5-7-13-26)16-22(20)23(27)19-8-10-21(29-4)11-9-19/h8-11,20,22-23H,5-7,12-17H2,1-4H3/t20-,22-,23+/m1/s1. The quantitative estimate of drug-likeness (QED) is 0.760. The van der Waals surface area contributed by atoms with Crippen LogP contribution in [0.15, 0.2) is 24.3 Å². The van der Waals surface area contributed by atoms with E-state index in [1.54, 1.807) is 14.0 Å². The molecule has 1 aromatic carbocycles. The second-order valence-electron chi connectivity index (χ2n) is 9.87. The van der Waals surface area contributed by atoms with Gasteiger partial charge in [0.25, 0.3) is 0 Å². The minimum Gasteiger partial charge on any atom is -0.497 e. The average Bonchev–Trinajstić information content (AvgIpc) is 3.25. The number of carbonyl (C=O) groups excluding carboxylic acids is 1. The zero-order valence-corrected chi connectivity index (χ0v) is 18.6. The minimum atomic E-state index is 0.187. The maximum absolute atomic E-state index is 12.4. The first-order valence-corrected chi connectivity index (χ1v) is 11.3. The molecule has 5 heteroatoms. The fraction of sp³-hybridized carbons (Fsp3) is 0.708. The highest BCUT2D eigenvalue weighted by atomic mass is 16.5. The second-order valence-corrected chi connectivity index (χ2v) is 9.87. The number of likely N-dealkylation sites (tertiary alicyclic amines) is 3. The lowest BCUT2D eigenvalue weighted by Crippen LogP contribution is -2.53. The first kappa shape index (κ1) is 20.7. The lowest BCUT2D eigenvalue weighted by atomic mass is 9.89. The van der Waals surface area contributed by atoms with Crippen LogP contribution in [-0.2, 0) is 4.79 Å². The molecule has 1 aromatic rings. The first-order valence-electron chi connectivity index (χ1n) is 11.3. The van der Waals surface area contributed by atoms with E-state index in [2.05, 4.69) is 40.7 Å². The number of methoxy groups -OCH3 is 1. The van der Waals surface area contributed by atoms with Gasteiger partial charge in [-0.15, -0.1) is 0 Å². The summed E-state index contributed by atoms with van der Waals surface area (Å²) < 4.78 is 5.33. The summed E-state index contributed by atoms with van der Waals surface area (Å²) >= 11 is 0. The summed E-state index contributed by atoms with van der Waals surface area (Å²) in [5, 5.41) is 0. The van der Waals surface area contributed by atoms with Gasteiger partial charge >= 0.3 is 0 Å². The number of benzene rings is 1. The molecule has 0 aliphatic carbocycles. The Morgan fingerprint density at radius 3 is 2.38 bits per heavy atom. The van der Waals surface area contributed by atoms with Crippen LogP contribution in [0.3, 0.4) is 0 Å². The molecule has 0 aromatic heterocycles. The number of ether oxygens (including phenoxy) is 1. The number of carbonyl (C=O) groups is 1. The van der Waals surface area contributed by atoms with Gasteiger partial charge in [0.05, 0.1) is 13.2 Å². The van der Waals surface area contributed by atoms with Crippen molar-refractivity contribution in [1.82, 2.24) is 14.7 Å². The monoisotopic (exact) mass is 399 g/mol. The molecule has 5 nitrogen and oxygen atoms in total. The van der Waals surface area contributed by atoms with Crippen LogP contribution in [-0.4, -0.2) is 72.5 Å². The van der Waals surface area contributed by atoms with Crippen molar-refractivity contribution in [3.63, 3.8) is 0 Å². The van der Waals surface area contributed by atoms with Gasteiger partial charge in [-0.25, -0.2) is 0 Å². The Balaban J connectivity index is 1.48. The van der Waals surface area contributed by atoms with Crippen LogP contribution in [0.2, 0.25) is 0 Å². The highest BCUT2D eigenvalue weighted by Crippen LogP contribution is 2.45. The lowest BCUT2D eigenvalue weighted by molar-refractivity contribution is -0.130. The predicted octanol–water partition coefficient (Wildman–Crippen LogP) is 3.41. The van der Waals surface area contributed by atoms with Crippen molar-refractivity contribution in [1.29, 1.82) is 0 Å². The molecule has 3 heterocycles. The number of nitrogens with zero attached hydrogens (tertiary/aromatic N) is 3. The summed E-state index contributed by atoms with van der Waals surface area (Å²) in [4.78, 5) is 19.8. The molecule has 3 aliphatic heterocycles. The minimum absolute atomic E-state index is 0.187. The zero-order chi connectivity index (χ0) is 20.6. The van der Waals surface area contributed by atoms with Crippen LogP contribution in [0.1, 0.15) is 51.6 Å².